The van der Waals surface area contributed by atoms with E-state index in [1.54, 1.807) is 44.6 Å². The maximum absolute atomic E-state index is 11.0. The molecule has 0 aliphatic carbocycles. The van der Waals surface area contributed by atoms with E-state index in [9.17, 15) is 5.11 Å². The molecule has 1 saturated heterocycles. The molecule has 2 aliphatic rings. The van der Waals surface area contributed by atoms with Crippen molar-refractivity contribution in [1.29, 1.82) is 0 Å². The first-order valence-electron chi connectivity index (χ1n) is 8.28. The lowest BCUT2D eigenvalue weighted by Crippen LogP contribution is -2.10. The molecular formula is C19H20O7. The second kappa shape index (κ2) is 7.03. The maximum Gasteiger partial charge on any atom is 0.231 e. The molecule has 0 saturated carbocycles. The number of aliphatic hydroxyl groups excluding tert-OH is 1. The Kier molecular flexibility index (Phi) is 4.58. The van der Waals surface area contributed by atoms with E-state index in [4.69, 9.17) is 28.4 Å². The van der Waals surface area contributed by atoms with Crippen LogP contribution in [0.4, 0.5) is 0 Å². The summed E-state index contributed by atoms with van der Waals surface area (Å²) in [6.07, 6.45) is -1.49. The number of aliphatic hydroxyl groups is 1. The summed E-state index contributed by atoms with van der Waals surface area (Å²) in [4.78, 5) is 0. The standard InChI is InChI=1S/C19H20O7/c1-21-15-8-12(13(9-16(15)22-2)19-23-5-6-24-19)18(20)11-3-4-14-17(7-11)26-10-25-14/h3-4,7-9,18-20H,5-6,10H2,1-2H3. The summed E-state index contributed by atoms with van der Waals surface area (Å²) >= 11 is 0. The van der Waals surface area contributed by atoms with E-state index >= 15 is 0 Å². The minimum Gasteiger partial charge on any atom is -0.493 e. The molecule has 2 aromatic rings. The van der Waals surface area contributed by atoms with E-state index in [0.717, 1.165) is 0 Å². The molecule has 2 heterocycles. The lowest BCUT2D eigenvalue weighted by atomic mass is 9.95. The van der Waals surface area contributed by atoms with Crippen LogP contribution in [0.2, 0.25) is 0 Å². The van der Waals surface area contributed by atoms with Gasteiger partial charge in [-0.15, -0.1) is 0 Å². The molecule has 0 amide bonds. The molecule has 138 valence electrons. The van der Waals surface area contributed by atoms with Crippen LogP contribution < -0.4 is 18.9 Å². The van der Waals surface area contributed by atoms with E-state index in [-0.39, 0.29) is 6.79 Å². The van der Waals surface area contributed by atoms with Gasteiger partial charge in [-0.1, -0.05) is 6.07 Å². The Morgan fingerprint density at radius 2 is 1.65 bits per heavy atom. The van der Waals surface area contributed by atoms with Crippen molar-refractivity contribution in [3.63, 3.8) is 0 Å². The van der Waals surface area contributed by atoms with Gasteiger partial charge in [-0.2, -0.15) is 0 Å². The largest absolute Gasteiger partial charge is 0.493 e. The number of ether oxygens (including phenoxy) is 6. The zero-order valence-electron chi connectivity index (χ0n) is 14.6. The van der Waals surface area contributed by atoms with Gasteiger partial charge in [-0.05, 0) is 35.4 Å². The van der Waals surface area contributed by atoms with Gasteiger partial charge in [-0.25, -0.2) is 0 Å². The van der Waals surface area contributed by atoms with Crippen molar-refractivity contribution in [2.45, 2.75) is 12.4 Å². The Morgan fingerprint density at radius 3 is 2.38 bits per heavy atom. The molecule has 1 atom stereocenters. The fourth-order valence-electron chi connectivity index (χ4n) is 3.15. The second-order valence-corrected chi connectivity index (χ2v) is 5.92. The number of hydrogen-bond donors (Lipinski definition) is 1. The minimum atomic E-state index is -0.924. The average molecular weight is 360 g/mol. The van der Waals surface area contributed by atoms with Crippen molar-refractivity contribution in [1.82, 2.24) is 0 Å². The Bertz CT molecular complexity index is 799. The van der Waals surface area contributed by atoms with Gasteiger partial charge >= 0.3 is 0 Å². The van der Waals surface area contributed by atoms with E-state index < -0.39 is 12.4 Å². The number of fused-ring (bicyclic) bond motifs is 1. The lowest BCUT2D eigenvalue weighted by molar-refractivity contribution is -0.0458. The van der Waals surface area contributed by atoms with Crippen molar-refractivity contribution in [2.24, 2.45) is 0 Å². The molecule has 0 aromatic heterocycles. The number of benzene rings is 2. The third-order valence-electron chi connectivity index (χ3n) is 4.47. The van der Waals surface area contributed by atoms with Crippen LogP contribution in [0.15, 0.2) is 30.3 Å². The van der Waals surface area contributed by atoms with Gasteiger partial charge in [0.1, 0.15) is 6.10 Å². The van der Waals surface area contributed by atoms with Crippen LogP contribution in [0.1, 0.15) is 29.1 Å². The first-order chi connectivity index (χ1) is 12.7. The van der Waals surface area contributed by atoms with Gasteiger partial charge in [0.2, 0.25) is 6.79 Å². The van der Waals surface area contributed by atoms with Gasteiger partial charge in [0.05, 0.1) is 27.4 Å². The van der Waals surface area contributed by atoms with Gasteiger partial charge < -0.3 is 33.5 Å². The molecule has 1 N–H and O–H groups in total. The highest BCUT2D eigenvalue weighted by atomic mass is 16.7. The fraction of sp³-hybridized carbons (Fsp3) is 0.368. The molecular weight excluding hydrogens is 340 g/mol. The fourth-order valence-corrected chi connectivity index (χ4v) is 3.15. The molecule has 1 unspecified atom stereocenters. The second-order valence-electron chi connectivity index (χ2n) is 5.92. The molecule has 26 heavy (non-hydrogen) atoms. The van der Waals surface area contributed by atoms with Crippen molar-refractivity contribution >= 4 is 0 Å². The summed E-state index contributed by atoms with van der Waals surface area (Å²) in [6, 6.07) is 8.87. The van der Waals surface area contributed by atoms with E-state index in [0.29, 0.717) is 52.9 Å². The van der Waals surface area contributed by atoms with Gasteiger partial charge in [-0.3, -0.25) is 0 Å². The highest BCUT2D eigenvalue weighted by Gasteiger charge is 2.28. The summed E-state index contributed by atoms with van der Waals surface area (Å²) in [5, 5.41) is 11.0. The number of methoxy groups -OCH3 is 2. The van der Waals surface area contributed by atoms with E-state index in [1.165, 1.54) is 0 Å². The van der Waals surface area contributed by atoms with Gasteiger partial charge in [0, 0.05) is 5.56 Å². The van der Waals surface area contributed by atoms with Crippen LogP contribution in [0.25, 0.3) is 0 Å². The zero-order chi connectivity index (χ0) is 18.1. The van der Waals surface area contributed by atoms with E-state index in [1.807, 2.05) is 0 Å². The summed E-state index contributed by atoms with van der Waals surface area (Å²) in [6.45, 7) is 1.18. The summed E-state index contributed by atoms with van der Waals surface area (Å²) in [5.41, 5.74) is 1.99. The topological polar surface area (TPSA) is 75.6 Å². The molecule has 4 rings (SSSR count). The molecule has 0 radical (unpaired) electrons. The van der Waals surface area contributed by atoms with Crippen LogP contribution in [0.5, 0.6) is 23.0 Å². The van der Waals surface area contributed by atoms with Gasteiger partial charge in [0.15, 0.2) is 29.3 Å². The van der Waals surface area contributed by atoms with Crippen LogP contribution in [0, 0.1) is 0 Å². The molecule has 7 heteroatoms. The minimum absolute atomic E-state index is 0.181. The molecule has 7 nitrogen and oxygen atoms in total. The lowest BCUT2D eigenvalue weighted by Gasteiger charge is -2.22. The predicted molar refractivity (Wildman–Crippen MR) is 90.8 cm³/mol. The van der Waals surface area contributed by atoms with Gasteiger partial charge in [0.25, 0.3) is 0 Å². The van der Waals surface area contributed by atoms with Crippen molar-refractivity contribution in [3.05, 3.63) is 47.0 Å². The first kappa shape index (κ1) is 17.0. The first-order valence-corrected chi connectivity index (χ1v) is 8.28. The average Bonchev–Trinajstić information content (AvgIpc) is 3.37. The monoisotopic (exact) mass is 360 g/mol. The Balaban J connectivity index is 1.77. The molecule has 0 bridgehead atoms. The highest BCUT2D eigenvalue weighted by Crippen LogP contribution is 2.42. The normalized spacial score (nSPS) is 17.3. The maximum atomic E-state index is 11.0. The molecule has 2 aromatic carbocycles. The number of hydrogen-bond acceptors (Lipinski definition) is 7. The Hall–Kier alpha value is -2.48. The van der Waals surface area contributed by atoms with Crippen LogP contribution in [-0.4, -0.2) is 39.3 Å². The summed E-state index contributed by atoms with van der Waals surface area (Å²) < 4.78 is 32.8. The third-order valence-corrected chi connectivity index (χ3v) is 4.47. The Labute approximate surface area is 151 Å². The quantitative estimate of drug-likeness (QED) is 0.878. The summed E-state index contributed by atoms with van der Waals surface area (Å²) in [7, 11) is 3.11. The third kappa shape index (κ3) is 2.94. The van der Waals surface area contributed by atoms with Crippen molar-refractivity contribution < 1.29 is 33.5 Å². The number of rotatable bonds is 5. The van der Waals surface area contributed by atoms with Crippen molar-refractivity contribution in [3.8, 4) is 23.0 Å². The van der Waals surface area contributed by atoms with E-state index in [2.05, 4.69) is 0 Å². The Morgan fingerprint density at radius 1 is 0.962 bits per heavy atom. The summed E-state index contributed by atoms with van der Waals surface area (Å²) in [5.74, 6) is 2.33. The molecule has 0 spiro atoms. The predicted octanol–water partition coefficient (Wildman–Crippen LogP) is 2.56. The highest BCUT2D eigenvalue weighted by molar-refractivity contribution is 5.52. The molecule has 1 fully saturated rings. The SMILES string of the molecule is COc1cc(C2OCCO2)c(C(O)c2ccc3c(c2)OCO3)cc1OC. The smallest absolute Gasteiger partial charge is 0.231 e. The van der Waals surface area contributed by atoms with Crippen LogP contribution in [-0.2, 0) is 9.47 Å². The van der Waals surface area contributed by atoms with Crippen LogP contribution in [0.3, 0.4) is 0 Å². The zero-order valence-corrected chi connectivity index (χ0v) is 14.6. The van der Waals surface area contributed by atoms with Crippen molar-refractivity contribution in [2.75, 3.05) is 34.2 Å². The van der Waals surface area contributed by atoms with Crippen LogP contribution >= 0.6 is 0 Å². The molecule has 2 aliphatic heterocycles.